The molecule has 1 atom stereocenters. The number of amidine groups is 1. The van der Waals surface area contributed by atoms with Gasteiger partial charge in [-0.05, 0) is 25.3 Å². The molecule has 0 aromatic heterocycles. The molecule has 1 aliphatic rings. The molecule has 0 aromatic carbocycles. The Morgan fingerprint density at radius 2 is 2.33 bits per heavy atom. The fourth-order valence-corrected chi connectivity index (χ4v) is 1.41. The Kier molecular flexibility index (Phi) is 6.07. The van der Waals surface area contributed by atoms with Crippen LogP contribution >= 0.6 is 0 Å². The summed E-state index contributed by atoms with van der Waals surface area (Å²) >= 11 is 0. The summed E-state index contributed by atoms with van der Waals surface area (Å²) in [5, 5.41) is 9.29. The van der Waals surface area contributed by atoms with E-state index in [-0.39, 0.29) is 19.4 Å². The molecule has 0 radical (unpaired) electrons. The highest BCUT2D eigenvalue weighted by Crippen LogP contribution is 2.29. The standard InChI is InChI=1S/C12H23FN4O/c1-9(18-8-10(6-13)7-14)17(3)16-12(15-2)11-4-5-11/h6,9,11H,4-5,7-8,14H2,1-3H3,(H,15,16)/b10-6+. The lowest BCUT2D eigenvalue weighted by molar-refractivity contribution is -0.0241. The number of nitrogens with one attached hydrogen (secondary N) is 1. The van der Waals surface area contributed by atoms with Crippen molar-refractivity contribution in [1.29, 1.82) is 0 Å². The van der Waals surface area contributed by atoms with Gasteiger partial charge in [-0.15, -0.1) is 0 Å². The smallest absolute Gasteiger partial charge is 0.143 e. The molecule has 0 heterocycles. The average molecular weight is 258 g/mol. The second kappa shape index (κ2) is 7.33. The minimum Gasteiger partial charge on any atom is -0.375 e. The first-order chi connectivity index (χ1) is 8.62. The Balaban J connectivity index is 2.42. The van der Waals surface area contributed by atoms with Crippen LogP contribution in [0, 0.1) is 5.92 Å². The van der Waals surface area contributed by atoms with Crippen molar-refractivity contribution in [3.05, 3.63) is 11.9 Å². The first-order valence-corrected chi connectivity index (χ1v) is 6.21. The molecule has 104 valence electrons. The van der Waals surface area contributed by atoms with Crippen molar-refractivity contribution < 1.29 is 9.13 Å². The molecule has 5 nitrogen and oxygen atoms in total. The lowest BCUT2D eigenvalue weighted by Gasteiger charge is -2.23. The average Bonchev–Trinajstić information content (AvgIpc) is 3.20. The lowest BCUT2D eigenvalue weighted by Crippen LogP contribution is -2.32. The van der Waals surface area contributed by atoms with Crippen LogP contribution in [0.2, 0.25) is 0 Å². The third-order valence-electron chi connectivity index (χ3n) is 2.94. The van der Waals surface area contributed by atoms with Crippen molar-refractivity contribution in [3.63, 3.8) is 0 Å². The first-order valence-electron chi connectivity index (χ1n) is 6.21. The van der Waals surface area contributed by atoms with Crippen molar-refractivity contribution >= 4 is 5.84 Å². The maximum absolute atomic E-state index is 12.3. The Morgan fingerprint density at radius 1 is 1.67 bits per heavy atom. The third-order valence-corrected chi connectivity index (χ3v) is 2.94. The van der Waals surface area contributed by atoms with E-state index in [1.54, 1.807) is 5.01 Å². The van der Waals surface area contributed by atoms with E-state index in [4.69, 9.17) is 10.5 Å². The van der Waals surface area contributed by atoms with Crippen LogP contribution in [0.4, 0.5) is 4.39 Å². The van der Waals surface area contributed by atoms with Gasteiger partial charge in [0.15, 0.2) is 0 Å². The Labute approximate surface area is 108 Å². The summed E-state index contributed by atoms with van der Waals surface area (Å²) in [7, 11) is 3.71. The zero-order chi connectivity index (χ0) is 13.5. The molecule has 6 heteroatoms. The van der Waals surface area contributed by atoms with Gasteiger partial charge in [0.25, 0.3) is 0 Å². The quantitative estimate of drug-likeness (QED) is 0.310. The highest BCUT2D eigenvalue weighted by molar-refractivity contribution is 5.86. The monoisotopic (exact) mass is 258 g/mol. The molecule has 0 saturated heterocycles. The topological polar surface area (TPSA) is 62.9 Å². The number of nitrogens with zero attached hydrogens (tertiary/aromatic N) is 2. The molecule has 0 amide bonds. The van der Waals surface area contributed by atoms with Gasteiger partial charge in [-0.3, -0.25) is 5.01 Å². The van der Waals surface area contributed by atoms with Gasteiger partial charge < -0.3 is 15.8 Å². The van der Waals surface area contributed by atoms with Gasteiger partial charge in [0.05, 0.1) is 12.9 Å². The summed E-state index contributed by atoms with van der Waals surface area (Å²) in [6.45, 7) is 2.22. The summed E-state index contributed by atoms with van der Waals surface area (Å²) in [4.78, 5) is 0. The third kappa shape index (κ3) is 4.62. The summed E-state index contributed by atoms with van der Waals surface area (Å²) < 4.78 is 17.8. The van der Waals surface area contributed by atoms with Crippen molar-refractivity contribution in [2.45, 2.75) is 26.0 Å². The van der Waals surface area contributed by atoms with Gasteiger partial charge in [0, 0.05) is 26.6 Å². The normalized spacial score (nSPS) is 18.7. The lowest BCUT2D eigenvalue weighted by atomic mass is 10.3. The van der Waals surface area contributed by atoms with Crippen molar-refractivity contribution in [2.24, 2.45) is 16.8 Å². The van der Waals surface area contributed by atoms with E-state index in [0.29, 0.717) is 17.8 Å². The van der Waals surface area contributed by atoms with Crippen LogP contribution in [-0.2, 0) is 4.74 Å². The van der Waals surface area contributed by atoms with Gasteiger partial charge >= 0.3 is 0 Å². The van der Waals surface area contributed by atoms with E-state index in [1.165, 1.54) is 12.8 Å². The predicted molar refractivity (Wildman–Crippen MR) is 70.6 cm³/mol. The van der Waals surface area contributed by atoms with E-state index in [2.05, 4.69) is 10.4 Å². The number of halogens is 1. The van der Waals surface area contributed by atoms with Crippen LogP contribution in [0.25, 0.3) is 0 Å². The van der Waals surface area contributed by atoms with Crippen LogP contribution in [0.3, 0.4) is 0 Å². The van der Waals surface area contributed by atoms with Gasteiger partial charge in [-0.25, -0.2) is 4.39 Å². The maximum Gasteiger partial charge on any atom is 0.143 e. The van der Waals surface area contributed by atoms with Crippen LogP contribution in [-0.4, -0.2) is 44.3 Å². The molecular weight excluding hydrogens is 235 g/mol. The molecule has 0 spiro atoms. The van der Waals surface area contributed by atoms with Crippen LogP contribution < -0.4 is 11.1 Å². The number of hydrogen-bond donors (Lipinski definition) is 2. The van der Waals surface area contributed by atoms with Crippen LogP contribution in [0.1, 0.15) is 19.8 Å². The second-order valence-electron chi connectivity index (χ2n) is 4.46. The molecular formula is C12H23FN4O. The fraction of sp³-hybridized carbons (Fsp3) is 0.750. The summed E-state index contributed by atoms with van der Waals surface area (Å²) in [5.74, 6) is 1.53. The molecule has 18 heavy (non-hydrogen) atoms. The Bertz CT molecular complexity index is 315. The molecule has 1 fully saturated rings. The second-order valence-corrected chi connectivity index (χ2v) is 4.46. The van der Waals surface area contributed by atoms with Gasteiger partial charge in [-0.2, -0.15) is 5.10 Å². The van der Waals surface area contributed by atoms with Gasteiger partial charge in [0.1, 0.15) is 12.1 Å². The van der Waals surface area contributed by atoms with E-state index in [0.717, 1.165) is 5.84 Å². The largest absolute Gasteiger partial charge is 0.375 e. The summed E-state index contributed by atoms with van der Waals surface area (Å²) in [6, 6.07) is 0. The highest BCUT2D eigenvalue weighted by Gasteiger charge is 2.27. The maximum atomic E-state index is 12.3. The number of hydrazone groups is 1. The Hall–Kier alpha value is -1.14. The number of rotatable bonds is 7. The molecule has 1 saturated carbocycles. The molecule has 0 aromatic rings. The highest BCUT2D eigenvalue weighted by atomic mass is 19.1. The Morgan fingerprint density at radius 3 is 2.78 bits per heavy atom. The molecule has 1 aliphatic carbocycles. The summed E-state index contributed by atoms with van der Waals surface area (Å²) in [6.07, 6.45) is 2.64. The van der Waals surface area contributed by atoms with Gasteiger partial charge in [-0.1, -0.05) is 0 Å². The van der Waals surface area contributed by atoms with Crippen molar-refractivity contribution in [3.8, 4) is 0 Å². The zero-order valence-corrected chi connectivity index (χ0v) is 11.3. The van der Waals surface area contributed by atoms with E-state index in [9.17, 15) is 4.39 Å². The molecule has 3 N–H and O–H groups in total. The van der Waals surface area contributed by atoms with E-state index >= 15 is 0 Å². The van der Waals surface area contributed by atoms with Gasteiger partial charge in [0.2, 0.25) is 0 Å². The van der Waals surface area contributed by atoms with Crippen molar-refractivity contribution in [2.75, 3.05) is 27.2 Å². The minimum atomic E-state index is -0.228. The molecule has 0 bridgehead atoms. The fourth-order valence-electron chi connectivity index (χ4n) is 1.41. The zero-order valence-electron chi connectivity index (χ0n) is 11.3. The minimum absolute atomic E-state index is 0.167. The summed E-state index contributed by atoms with van der Waals surface area (Å²) in [5.41, 5.74) is 5.80. The first kappa shape index (κ1) is 14.9. The molecule has 1 unspecified atom stereocenters. The molecule has 1 rings (SSSR count). The van der Waals surface area contributed by atoms with Crippen LogP contribution in [0.15, 0.2) is 17.0 Å². The SMILES string of the molecule is CN/C(=N\N(C)C(C)OC/C(=C/F)CN)C1CC1. The number of ether oxygens (including phenoxy) is 1. The van der Waals surface area contributed by atoms with Crippen molar-refractivity contribution in [1.82, 2.24) is 10.3 Å². The number of hydrogen-bond acceptors (Lipinski definition) is 4. The predicted octanol–water partition coefficient (Wildman–Crippen LogP) is 1.04. The number of nitrogens with two attached hydrogens (primary N) is 1. The molecule has 0 aliphatic heterocycles. The van der Waals surface area contributed by atoms with Crippen LogP contribution in [0.5, 0.6) is 0 Å². The van der Waals surface area contributed by atoms with E-state index < -0.39 is 0 Å². The van der Waals surface area contributed by atoms with E-state index in [1.807, 2.05) is 21.0 Å².